The van der Waals surface area contributed by atoms with Gasteiger partial charge in [0.2, 0.25) is 0 Å². The Morgan fingerprint density at radius 1 is 1.53 bits per heavy atom. The van der Waals surface area contributed by atoms with E-state index >= 15 is 0 Å². The molecular formula is C12H18N2O3. The zero-order valence-corrected chi connectivity index (χ0v) is 10.2. The van der Waals surface area contributed by atoms with Crippen LogP contribution >= 0.6 is 0 Å². The molecule has 0 amide bonds. The van der Waals surface area contributed by atoms with Gasteiger partial charge in [-0.15, -0.1) is 0 Å². The van der Waals surface area contributed by atoms with Crippen LogP contribution in [0.4, 0.5) is 0 Å². The Balaban J connectivity index is 2.05. The fourth-order valence-electron chi connectivity index (χ4n) is 2.45. The molecule has 17 heavy (non-hydrogen) atoms. The molecule has 1 aliphatic rings. The molecule has 5 heteroatoms. The third-order valence-corrected chi connectivity index (χ3v) is 3.49. The monoisotopic (exact) mass is 238 g/mol. The first kappa shape index (κ1) is 12.1. The summed E-state index contributed by atoms with van der Waals surface area (Å²) in [6, 6.07) is 2.53. The number of hydrogen-bond acceptors (Lipinski definition) is 4. The van der Waals surface area contributed by atoms with Crippen LogP contribution in [-0.2, 0) is 6.54 Å². The van der Waals surface area contributed by atoms with Crippen LogP contribution in [0.2, 0.25) is 0 Å². The number of carboxylic acids is 1. The summed E-state index contributed by atoms with van der Waals surface area (Å²) in [5.74, 6) is -0.414. The Bertz CT molecular complexity index is 392. The van der Waals surface area contributed by atoms with E-state index in [0.717, 1.165) is 0 Å². The summed E-state index contributed by atoms with van der Waals surface area (Å²) >= 11 is 0. The molecule has 1 aliphatic heterocycles. The van der Waals surface area contributed by atoms with Crippen molar-refractivity contribution >= 4 is 5.97 Å². The van der Waals surface area contributed by atoms with Crippen LogP contribution in [0.1, 0.15) is 49.4 Å². The van der Waals surface area contributed by atoms with E-state index in [1.807, 2.05) is 0 Å². The molecule has 0 bridgehead atoms. The van der Waals surface area contributed by atoms with E-state index in [-0.39, 0.29) is 5.69 Å². The lowest BCUT2D eigenvalue weighted by Gasteiger charge is -2.38. The van der Waals surface area contributed by atoms with Crippen molar-refractivity contribution in [1.29, 1.82) is 0 Å². The maximum atomic E-state index is 10.7. The van der Waals surface area contributed by atoms with E-state index in [1.54, 1.807) is 0 Å². The molecule has 0 radical (unpaired) electrons. The van der Waals surface area contributed by atoms with Crippen LogP contribution in [0.5, 0.6) is 0 Å². The Morgan fingerprint density at radius 2 is 2.18 bits per heavy atom. The summed E-state index contributed by atoms with van der Waals surface area (Å²) in [7, 11) is 0. The van der Waals surface area contributed by atoms with Gasteiger partial charge in [-0.05, 0) is 26.7 Å². The number of hydrogen-bond donors (Lipinski definition) is 1. The molecule has 1 saturated heterocycles. The average molecular weight is 238 g/mol. The summed E-state index contributed by atoms with van der Waals surface area (Å²) in [5.41, 5.74) is -0.0164. The van der Waals surface area contributed by atoms with E-state index in [9.17, 15) is 4.79 Å². The van der Waals surface area contributed by atoms with Gasteiger partial charge in [0.15, 0.2) is 11.5 Å². The molecule has 5 nitrogen and oxygen atoms in total. The van der Waals surface area contributed by atoms with E-state index < -0.39 is 5.97 Å². The molecule has 0 spiro atoms. The quantitative estimate of drug-likeness (QED) is 0.873. The van der Waals surface area contributed by atoms with Crippen molar-refractivity contribution in [2.45, 2.75) is 51.7 Å². The molecule has 2 atom stereocenters. The number of nitrogens with zero attached hydrogens (tertiary/aromatic N) is 2. The maximum Gasteiger partial charge on any atom is 0.358 e. The number of piperidine rings is 1. The number of likely N-dealkylation sites (tertiary alicyclic amines) is 1. The van der Waals surface area contributed by atoms with Gasteiger partial charge in [0.25, 0.3) is 0 Å². The standard InChI is InChI=1S/C12H18N2O3/c1-8-4-3-5-9(2)14(8)7-10-6-11(12(15)16)13-17-10/h6,8-9H,3-5,7H2,1-2H3,(H,15,16). The number of carboxylic acid groups (broad SMARTS) is 1. The molecule has 94 valence electrons. The zero-order valence-electron chi connectivity index (χ0n) is 10.2. The maximum absolute atomic E-state index is 10.7. The van der Waals surface area contributed by atoms with E-state index in [2.05, 4.69) is 23.9 Å². The van der Waals surface area contributed by atoms with Crippen molar-refractivity contribution in [2.24, 2.45) is 0 Å². The second kappa shape index (κ2) is 4.87. The molecule has 1 N–H and O–H groups in total. The van der Waals surface area contributed by atoms with Crippen molar-refractivity contribution < 1.29 is 14.4 Å². The van der Waals surface area contributed by atoms with Gasteiger partial charge in [0, 0.05) is 18.2 Å². The topological polar surface area (TPSA) is 66.6 Å². The fourth-order valence-corrected chi connectivity index (χ4v) is 2.45. The van der Waals surface area contributed by atoms with Crippen LogP contribution in [0, 0.1) is 0 Å². The van der Waals surface area contributed by atoms with Gasteiger partial charge in [-0.2, -0.15) is 0 Å². The van der Waals surface area contributed by atoms with E-state index in [1.165, 1.54) is 25.3 Å². The molecule has 0 aromatic carbocycles. The number of aromatic nitrogens is 1. The minimum absolute atomic E-state index is 0.0164. The predicted molar refractivity (Wildman–Crippen MR) is 61.8 cm³/mol. The van der Waals surface area contributed by atoms with Gasteiger partial charge >= 0.3 is 5.97 Å². The minimum atomic E-state index is -1.04. The molecule has 1 fully saturated rings. The lowest BCUT2D eigenvalue weighted by Crippen LogP contribution is -2.42. The normalized spacial score (nSPS) is 26.0. The molecule has 2 rings (SSSR count). The summed E-state index contributed by atoms with van der Waals surface area (Å²) < 4.78 is 5.05. The molecule has 1 aromatic heterocycles. The first-order valence-corrected chi connectivity index (χ1v) is 6.02. The number of rotatable bonds is 3. The Morgan fingerprint density at radius 3 is 2.71 bits per heavy atom. The highest BCUT2D eigenvalue weighted by molar-refractivity contribution is 5.85. The van der Waals surface area contributed by atoms with Crippen molar-refractivity contribution in [1.82, 2.24) is 10.1 Å². The van der Waals surface area contributed by atoms with Crippen LogP contribution in [0.25, 0.3) is 0 Å². The number of aromatic carboxylic acids is 1. The third kappa shape index (κ3) is 2.66. The molecule has 1 aromatic rings. The minimum Gasteiger partial charge on any atom is -0.476 e. The third-order valence-electron chi connectivity index (χ3n) is 3.49. The van der Waals surface area contributed by atoms with Crippen LogP contribution < -0.4 is 0 Å². The highest BCUT2D eigenvalue weighted by Gasteiger charge is 2.26. The van der Waals surface area contributed by atoms with Gasteiger partial charge in [-0.3, -0.25) is 4.90 Å². The smallest absolute Gasteiger partial charge is 0.358 e. The highest BCUT2D eigenvalue weighted by Crippen LogP contribution is 2.24. The SMILES string of the molecule is CC1CCCC(C)N1Cc1cc(C(=O)O)no1. The lowest BCUT2D eigenvalue weighted by molar-refractivity contribution is 0.0684. The fraction of sp³-hybridized carbons (Fsp3) is 0.667. The Labute approximate surface area is 100 Å². The van der Waals surface area contributed by atoms with Gasteiger partial charge < -0.3 is 9.63 Å². The lowest BCUT2D eigenvalue weighted by atomic mass is 9.97. The van der Waals surface area contributed by atoms with E-state index in [0.29, 0.717) is 24.4 Å². The van der Waals surface area contributed by atoms with Crippen LogP contribution in [-0.4, -0.2) is 33.2 Å². The molecule has 2 unspecified atom stereocenters. The Hall–Kier alpha value is -1.36. The van der Waals surface area contributed by atoms with Gasteiger partial charge in [0.05, 0.1) is 6.54 Å². The van der Waals surface area contributed by atoms with Gasteiger partial charge in [-0.25, -0.2) is 4.79 Å². The average Bonchev–Trinajstić information content (AvgIpc) is 2.72. The first-order chi connectivity index (χ1) is 8.08. The Kier molecular flexibility index (Phi) is 3.47. The van der Waals surface area contributed by atoms with Gasteiger partial charge in [0.1, 0.15) is 0 Å². The first-order valence-electron chi connectivity index (χ1n) is 6.02. The molecular weight excluding hydrogens is 220 g/mol. The number of carbonyl (C=O) groups is 1. The second-order valence-corrected chi connectivity index (χ2v) is 4.78. The molecule has 0 saturated carbocycles. The summed E-state index contributed by atoms with van der Waals surface area (Å²) in [6.07, 6.45) is 3.63. The molecule has 2 heterocycles. The van der Waals surface area contributed by atoms with E-state index in [4.69, 9.17) is 9.63 Å². The van der Waals surface area contributed by atoms with Crippen molar-refractivity contribution in [3.8, 4) is 0 Å². The highest BCUT2D eigenvalue weighted by atomic mass is 16.5. The van der Waals surface area contributed by atoms with Crippen LogP contribution in [0.15, 0.2) is 10.6 Å². The second-order valence-electron chi connectivity index (χ2n) is 4.78. The zero-order chi connectivity index (χ0) is 12.4. The van der Waals surface area contributed by atoms with Crippen LogP contribution in [0.3, 0.4) is 0 Å². The summed E-state index contributed by atoms with van der Waals surface area (Å²) in [4.78, 5) is 13.0. The van der Waals surface area contributed by atoms with Crippen molar-refractivity contribution in [3.05, 3.63) is 17.5 Å². The van der Waals surface area contributed by atoms with Crippen molar-refractivity contribution in [2.75, 3.05) is 0 Å². The summed E-state index contributed by atoms with van der Waals surface area (Å²) in [6.45, 7) is 5.04. The predicted octanol–water partition coefficient (Wildman–Crippen LogP) is 2.14. The largest absolute Gasteiger partial charge is 0.476 e. The van der Waals surface area contributed by atoms with Gasteiger partial charge in [-0.1, -0.05) is 11.6 Å². The van der Waals surface area contributed by atoms with Crippen molar-refractivity contribution in [3.63, 3.8) is 0 Å². The molecule has 0 aliphatic carbocycles. The summed E-state index contributed by atoms with van der Waals surface area (Å²) in [5, 5.41) is 12.3.